The molecule has 0 rings (SSSR count). The molecule has 2 unspecified atom stereocenters. The lowest BCUT2D eigenvalue weighted by atomic mass is 9.77. The number of carboxylic acid groups (broad SMARTS) is 1. The van der Waals surface area contributed by atoms with E-state index in [0.717, 1.165) is 18.8 Å². The van der Waals surface area contributed by atoms with Crippen LogP contribution in [0.1, 0.15) is 291 Å². The molecule has 0 fully saturated rings. The summed E-state index contributed by atoms with van der Waals surface area (Å²) in [6.07, 6.45) is 54.9. The fourth-order valence-electron chi connectivity index (χ4n) is 8.00. The van der Waals surface area contributed by atoms with Crippen LogP contribution in [0.25, 0.3) is 0 Å². The molecule has 0 heterocycles. The summed E-state index contributed by atoms with van der Waals surface area (Å²) in [5.41, 5.74) is 0. The van der Waals surface area contributed by atoms with Crippen LogP contribution in [0.5, 0.6) is 0 Å². The smallest absolute Gasteiger partial charge is 0.303 e. The molecule has 0 aliphatic heterocycles. The van der Waals surface area contributed by atoms with Crippen molar-refractivity contribution < 1.29 is 9.90 Å². The molecule has 0 saturated carbocycles. The molecule has 0 aromatic heterocycles. The van der Waals surface area contributed by atoms with Gasteiger partial charge >= 0.3 is 5.97 Å². The van der Waals surface area contributed by atoms with Gasteiger partial charge < -0.3 is 5.11 Å². The summed E-state index contributed by atoms with van der Waals surface area (Å²) in [5.74, 6) is 0.287. The Morgan fingerprint density at radius 3 is 0.922 bits per heavy atom. The van der Waals surface area contributed by atoms with Crippen LogP contribution >= 0.6 is 9.24 Å². The maximum Gasteiger partial charge on any atom is 0.303 e. The predicted molar refractivity (Wildman–Crippen MR) is 237 cm³/mol. The van der Waals surface area contributed by atoms with Gasteiger partial charge in [-0.05, 0) is 43.2 Å². The molecular formula is C48H99O2P. The highest BCUT2D eigenvalue weighted by molar-refractivity contribution is 7.19. The molecule has 0 aliphatic rings. The highest BCUT2D eigenvalue weighted by Gasteiger charge is 2.32. The summed E-state index contributed by atoms with van der Waals surface area (Å²) in [6, 6.07) is 0. The number of carboxylic acids is 1. The molecule has 0 aromatic rings. The third-order valence-corrected chi connectivity index (χ3v) is 12.7. The molecule has 3 heteroatoms. The first-order chi connectivity index (χ1) is 24.9. The van der Waals surface area contributed by atoms with Crippen LogP contribution in [-0.2, 0) is 4.79 Å². The highest BCUT2D eigenvalue weighted by atomic mass is 31.0. The molecule has 0 spiro atoms. The van der Waals surface area contributed by atoms with Crippen molar-refractivity contribution in [2.45, 2.75) is 297 Å². The van der Waals surface area contributed by atoms with Crippen LogP contribution in [0.4, 0.5) is 0 Å². The number of hydrogen-bond acceptors (Lipinski definition) is 1. The van der Waals surface area contributed by atoms with Crippen LogP contribution in [0, 0.1) is 5.92 Å². The Kier molecular flexibility index (Phi) is 46.0. The van der Waals surface area contributed by atoms with Gasteiger partial charge in [-0.15, -0.1) is 9.24 Å². The average molecular weight is 739 g/mol. The Hall–Kier alpha value is -0.100. The Morgan fingerprint density at radius 1 is 0.392 bits per heavy atom. The SMILES string of the molecule is CCCCCCCCCCCCC(CCCCCC)C(P)(CCCCCC)CCCCCC.CCCCCCCCCCCCCCCC(=O)O. The molecule has 0 saturated heterocycles. The molecule has 0 amide bonds. The van der Waals surface area contributed by atoms with E-state index in [1.54, 1.807) is 0 Å². The minimum absolute atomic E-state index is 0.345. The van der Waals surface area contributed by atoms with E-state index in [1.807, 2.05) is 0 Å². The lowest BCUT2D eigenvalue weighted by Crippen LogP contribution is -2.32. The zero-order valence-corrected chi connectivity index (χ0v) is 37.4. The molecule has 0 aromatic carbocycles. The molecule has 0 radical (unpaired) electrons. The van der Waals surface area contributed by atoms with Crippen molar-refractivity contribution in [2.75, 3.05) is 0 Å². The number of unbranched alkanes of at least 4 members (excludes halogenated alkanes) is 30. The maximum absolute atomic E-state index is 10.3. The fourth-order valence-corrected chi connectivity index (χ4v) is 8.75. The minimum Gasteiger partial charge on any atom is -0.481 e. The second kappa shape index (κ2) is 44.3. The first kappa shape index (κ1) is 53.0. The lowest BCUT2D eigenvalue weighted by molar-refractivity contribution is -0.137. The van der Waals surface area contributed by atoms with Gasteiger partial charge in [-0.1, -0.05) is 253 Å². The van der Waals surface area contributed by atoms with Gasteiger partial charge in [0, 0.05) is 6.42 Å². The van der Waals surface area contributed by atoms with Crippen molar-refractivity contribution in [2.24, 2.45) is 5.92 Å². The van der Waals surface area contributed by atoms with Crippen molar-refractivity contribution in [1.82, 2.24) is 0 Å². The van der Waals surface area contributed by atoms with Gasteiger partial charge in [0.2, 0.25) is 0 Å². The van der Waals surface area contributed by atoms with Crippen molar-refractivity contribution in [3.63, 3.8) is 0 Å². The fraction of sp³-hybridized carbons (Fsp3) is 0.979. The van der Waals surface area contributed by atoms with Crippen LogP contribution in [0.15, 0.2) is 0 Å². The van der Waals surface area contributed by atoms with Gasteiger partial charge in [0.1, 0.15) is 0 Å². The van der Waals surface area contributed by atoms with E-state index in [1.165, 1.54) is 238 Å². The van der Waals surface area contributed by atoms with Gasteiger partial charge in [0.25, 0.3) is 0 Å². The maximum atomic E-state index is 10.3. The van der Waals surface area contributed by atoms with Crippen LogP contribution in [-0.4, -0.2) is 16.2 Å². The number of hydrogen-bond donors (Lipinski definition) is 1. The molecule has 51 heavy (non-hydrogen) atoms. The summed E-state index contributed by atoms with van der Waals surface area (Å²) < 4.78 is 0. The number of aliphatic carboxylic acids is 1. The topological polar surface area (TPSA) is 37.3 Å². The second-order valence-electron chi connectivity index (χ2n) is 16.8. The van der Waals surface area contributed by atoms with E-state index in [4.69, 9.17) is 5.11 Å². The zero-order valence-electron chi connectivity index (χ0n) is 36.3. The predicted octanol–water partition coefficient (Wildman–Crippen LogP) is 18.0. The average Bonchev–Trinajstić information content (AvgIpc) is 3.12. The molecule has 2 atom stereocenters. The Morgan fingerprint density at radius 2 is 0.627 bits per heavy atom. The van der Waals surface area contributed by atoms with Gasteiger partial charge in [-0.3, -0.25) is 4.79 Å². The molecular weight excluding hydrogens is 640 g/mol. The first-order valence-electron chi connectivity index (χ1n) is 23.9. The van der Waals surface area contributed by atoms with E-state index in [0.29, 0.717) is 11.6 Å². The largest absolute Gasteiger partial charge is 0.481 e. The van der Waals surface area contributed by atoms with Crippen molar-refractivity contribution in [3.05, 3.63) is 0 Å². The monoisotopic (exact) mass is 739 g/mol. The summed E-state index contributed by atoms with van der Waals surface area (Å²) in [4.78, 5) is 10.3. The first-order valence-corrected chi connectivity index (χ1v) is 24.5. The molecule has 2 nitrogen and oxygen atoms in total. The molecule has 1 N–H and O–H groups in total. The Labute approximate surface area is 326 Å². The highest BCUT2D eigenvalue weighted by Crippen LogP contribution is 2.44. The van der Waals surface area contributed by atoms with Crippen molar-refractivity contribution in [3.8, 4) is 0 Å². The van der Waals surface area contributed by atoms with Crippen LogP contribution in [0.2, 0.25) is 0 Å². The normalized spacial score (nSPS) is 12.2. The van der Waals surface area contributed by atoms with Crippen LogP contribution < -0.4 is 0 Å². The van der Waals surface area contributed by atoms with Gasteiger partial charge in [-0.2, -0.15) is 0 Å². The Bertz CT molecular complexity index is 637. The summed E-state index contributed by atoms with van der Waals surface area (Å²) >= 11 is 0. The van der Waals surface area contributed by atoms with Gasteiger partial charge in [-0.25, -0.2) is 0 Å². The van der Waals surface area contributed by atoms with Gasteiger partial charge in [0.05, 0.1) is 0 Å². The molecule has 308 valence electrons. The van der Waals surface area contributed by atoms with E-state index < -0.39 is 5.97 Å². The lowest BCUT2D eigenvalue weighted by Gasteiger charge is -2.39. The van der Waals surface area contributed by atoms with E-state index in [2.05, 4.69) is 43.9 Å². The minimum atomic E-state index is -0.655. The number of rotatable bonds is 41. The molecule has 0 bridgehead atoms. The Balaban J connectivity index is 0. The standard InChI is InChI=1S/C32H67P.C16H32O2/c1-5-9-13-17-18-19-20-21-22-24-28-31(27-23-14-10-6-2)32(33,29-25-15-11-7-3)30-26-16-12-8-4;1-2-3-4-5-6-7-8-9-10-11-12-13-14-15-16(17)18/h31H,5-30,33H2,1-4H3;2-15H2,1H3,(H,17,18). The number of carbonyl (C=O) groups is 1. The quantitative estimate of drug-likeness (QED) is 0.0501. The van der Waals surface area contributed by atoms with Crippen LogP contribution in [0.3, 0.4) is 0 Å². The van der Waals surface area contributed by atoms with E-state index in [-0.39, 0.29) is 0 Å². The van der Waals surface area contributed by atoms with E-state index in [9.17, 15) is 4.79 Å². The third kappa shape index (κ3) is 40.9. The summed E-state index contributed by atoms with van der Waals surface area (Å²) in [7, 11) is 3.49. The van der Waals surface area contributed by atoms with E-state index >= 15 is 0 Å². The third-order valence-electron chi connectivity index (χ3n) is 11.6. The van der Waals surface area contributed by atoms with Crippen molar-refractivity contribution in [1.29, 1.82) is 0 Å². The van der Waals surface area contributed by atoms with Crippen molar-refractivity contribution >= 4 is 15.2 Å². The molecule has 0 aliphatic carbocycles. The summed E-state index contributed by atoms with van der Waals surface area (Å²) in [5, 5.41) is 9.01. The zero-order chi connectivity index (χ0) is 37.9. The van der Waals surface area contributed by atoms with Gasteiger partial charge in [0.15, 0.2) is 0 Å². The summed E-state index contributed by atoms with van der Waals surface area (Å²) in [6.45, 7) is 11.6. The second-order valence-corrected chi connectivity index (χ2v) is 17.9.